The Morgan fingerprint density at radius 3 is 2.43 bits per heavy atom. The summed E-state index contributed by atoms with van der Waals surface area (Å²) in [5.41, 5.74) is 8.95. The molecule has 1 amide bonds. The quantitative estimate of drug-likeness (QED) is 0.274. The first-order valence-corrected chi connectivity index (χ1v) is 15.1. The Morgan fingerprint density at radius 1 is 1.05 bits per heavy atom. The van der Waals surface area contributed by atoms with Gasteiger partial charge in [-0.25, -0.2) is 28.1 Å². The van der Waals surface area contributed by atoms with Crippen molar-refractivity contribution in [3.8, 4) is 17.1 Å². The molecule has 0 unspecified atom stereocenters. The highest BCUT2D eigenvalue weighted by Crippen LogP contribution is 2.31. The lowest BCUT2D eigenvalue weighted by Crippen LogP contribution is -2.31. The van der Waals surface area contributed by atoms with Crippen molar-refractivity contribution in [1.29, 1.82) is 0 Å². The second-order valence-corrected chi connectivity index (χ2v) is 12.5. The van der Waals surface area contributed by atoms with Gasteiger partial charge < -0.3 is 11.1 Å². The van der Waals surface area contributed by atoms with Gasteiger partial charge in [-0.05, 0) is 42.7 Å². The number of carbonyl (C=O) groups is 1. The van der Waals surface area contributed by atoms with Crippen LogP contribution in [-0.4, -0.2) is 60.8 Å². The van der Waals surface area contributed by atoms with Gasteiger partial charge in [-0.1, -0.05) is 32.0 Å². The van der Waals surface area contributed by atoms with Gasteiger partial charge in [0.15, 0.2) is 11.5 Å². The molecule has 0 bridgehead atoms. The molecule has 0 saturated heterocycles. The van der Waals surface area contributed by atoms with Gasteiger partial charge in [0.1, 0.15) is 33.2 Å². The van der Waals surface area contributed by atoms with E-state index in [1.807, 2.05) is 26.8 Å². The third-order valence-electron chi connectivity index (χ3n) is 6.53. The third kappa shape index (κ3) is 5.88. The summed E-state index contributed by atoms with van der Waals surface area (Å²) in [6.07, 6.45) is 4.08. The van der Waals surface area contributed by atoms with Crippen LogP contribution < -0.4 is 16.6 Å². The summed E-state index contributed by atoms with van der Waals surface area (Å²) in [7, 11) is -3.23. The number of aryl methyl sites for hydroxylation is 2. The van der Waals surface area contributed by atoms with E-state index in [0.717, 1.165) is 16.5 Å². The maximum Gasteiger partial charge on any atom is 0.285 e. The number of nitrogens with one attached hydrogen (secondary N) is 1. The molecule has 13 nitrogen and oxygen atoms in total. The highest BCUT2D eigenvalue weighted by Gasteiger charge is 2.20. The number of amides is 1. The van der Waals surface area contributed by atoms with E-state index in [0.29, 0.717) is 39.5 Å². The number of nitrogens with zero attached hydrogens (tertiary/aromatic N) is 7. The zero-order valence-electron chi connectivity index (χ0n) is 23.4. The molecule has 5 aromatic rings. The molecule has 0 spiro atoms. The minimum atomic E-state index is -3.23. The fourth-order valence-electron chi connectivity index (χ4n) is 4.25. The molecule has 0 atom stereocenters. The number of benzene rings is 1. The molecule has 1 aromatic carbocycles. The second-order valence-electron chi connectivity index (χ2n) is 10.2. The van der Waals surface area contributed by atoms with Crippen LogP contribution in [0.1, 0.15) is 41.4 Å². The van der Waals surface area contributed by atoms with E-state index in [1.54, 1.807) is 36.5 Å². The number of pyridine rings is 1. The van der Waals surface area contributed by atoms with Gasteiger partial charge in [0.2, 0.25) is 0 Å². The Balaban J connectivity index is 1.46. The Labute approximate surface area is 241 Å². The summed E-state index contributed by atoms with van der Waals surface area (Å²) in [4.78, 5) is 39.2. The summed E-state index contributed by atoms with van der Waals surface area (Å²) in [6, 6.07) is 11.8. The molecule has 0 aliphatic heterocycles. The molecule has 14 heteroatoms. The number of nitrogen functional groups attached to an aromatic ring is 1. The van der Waals surface area contributed by atoms with Crippen LogP contribution in [0.15, 0.2) is 59.8 Å². The van der Waals surface area contributed by atoms with Crippen LogP contribution in [-0.2, 0) is 16.4 Å². The van der Waals surface area contributed by atoms with Crippen LogP contribution in [0.25, 0.3) is 28.1 Å². The highest BCUT2D eigenvalue weighted by molar-refractivity contribution is 7.90. The summed E-state index contributed by atoms with van der Waals surface area (Å²) in [5, 5.41) is 12.3. The van der Waals surface area contributed by atoms with Gasteiger partial charge in [0.05, 0.1) is 23.4 Å². The molecule has 0 radical (unpaired) electrons. The predicted molar refractivity (Wildman–Crippen MR) is 159 cm³/mol. The minimum absolute atomic E-state index is 0.0448. The lowest BCUT2D eigenvalue weighted by molar-refractivity contribution is 0.102. The zero-order chi connectivity index (χ0) is 30.2. The van der Waals surface area contributed by atoms with Gasteiger partial charge >= 0.3 is 0 Å². The lowest BCUT2D eigenvalue weighted by atomic mass is 10.1. The molecule has 0 aliphatic rings. The molecule has 4 heterocycles. The van der Waals surface area contributed by atoms with Crippen molar-refractivity contribution in [3.63, 3.8) is 0 Å². The predicted octanol–water partition coefficient (Wildman–Crippen LogP) is 2.75. The maximum atomic E-state index is 13.3. The topological polar surface area (TPSA) is 181 Å². The van der Waals surface area contributed by atoms with Gasteiger partial charge in [-0.3, -0.25) is 9.59 Å². The van der Waals surface area contributed by atoms with Crippen molar-refractivity contribution in [2.45, 2.75) is 33.2 Å². The van der Waals surface area contributed by atoms with Gasteiger partial charge in [-0.15, -0.1) is 0 Å². The fourth-order valence-corrected chi connectivity index (χ4v) is 4.75. The Bertz CT molecular complexity index is 1960. The first-order chi connectivity index (χ1) is 19.9. The Morgan fingerprint density at radius 2 is 1.79 bits per heavy atom. The van der Waals surface area contributed by atoms with E-state index in [2.05, 4.69) is 30.5 Å². The average molecular weight is 588 g/mol. The molecule has 0 aliphatic carbocycles. The summed E-state index contributed by atoms with van der Waals surface area (Å²) in [6.45, 7) is 5.83. The smallest absolute Gasteiger partial charge is 0.285 e. The Kier molecular flexibility index (Phi) is 7.56. The third-order valence-corrected chi connectivity index (χ3v) is 7.45. The van der Waals surface area contributed by atoms with Crippen molar-refractivity contribution < 1.29 is 13.2 Å². The summed E-state index contributed by atoms with van der Waals surface area (Å²) >= 11 is 0. The van der Waals surface area contributed by atoms with Crippen LogP contribution in [0.3, 0.4) is 0 Å². The van der Waals surface area contributed by atoms with E-state index in [9.17, 15) is 18.0 Å². The zero-order valence-corrected chi connectivity index (χ0v) is 24.3. The molecule has 3 N–H and O–H groups in total. The first kappa shape index (κ1) is 28.5. The van der Waals surface area contributed by atoms with Gasteiger partial charge in [-0.2, -0.15) is 14.9 Å². The number of hydrogen-bond acceptors (Lipinski definition) is 10. The van der Waals surface area contributed by atoms with Crippen molar-refractivity contribution in [2.75, 3.05) is 23.1 Å². The summed E-state index contributed by atoms with van der Waals surface area (Å²) < 4.78 is 26.1. The number of sulfone groups is 1. The largest absolute Gasteiger partial charge is 0.383 e. The molecule has 216 valence electrons. The van der Waals surface area contributed by atoms with E-state index in [-0.39, 0.29) is 29.6 Å². The second kappa shape index (κ2) is 11.1. The van der Waals surface area contributed by atoms with Crippen molar-refractivity contribution in [3.05, 3.63) is 82.2 Å². The van der Waals surface area contributed by atoms with E-state index >= 15 is 0 Å². The first-order valence-electron chi connectivity index (χ1n) is 13.0. The van der Waals surface area contributed by atoms with E-state index in [1.165, 1.54) is 17.1 Å². The van der Waals surface area contributed by atoms with Crippen molar-refractivity contribution in [2.24, 2.45) is 0 Å². The van der Waals surface area contributed by atoms with Crippen LogP contribution in [0.5, 0.6) is 0 Å². The van der Waals surface area contributed by atoms with Crippen LogP contribution >= 0.6 is 0 Å². The maximum absolute atomic E-state index is 13.3. The Hall–Kier alpha value is -4.98. The molecule has 5 rings (SSSR count). The standard InChI is InChI=1S/C28H29N9O4S/c1-16(2)21-13-20(28(39)37(34-21)22-10-5-17(3)14-30-22)27(38)33-19-8-6-18(7-9-19)24-23-25(29)31-15-32-26(23)36(35-24)11-12-42(4,40)41/h5-10,13-16H,11-12H2,1-4H3,(H,33,38)(H2,29,31,32). The number of carbonyl (C=O) groups excluding carboxylic acids is 1. The SMILES string of the molecule is Cc1ccc(-n2nc(C(C)C)cc(C(=O)Nc3ccc(-c4nn(CCS(C)(=O)=O)c5ncnc(N)c45)cc3)c2=O)nc1. The number of aromatic nitrogens is 7. The van der Waals surface area contributed by atoms with E-state index < -0.39 is 21.3 Å². The summed E-state index contributed by atoms with van der Waals surface area (Å²) in [5.74, 6) is -0.232. The molecular weight excluding hydrogens is 558 g/mol. The number of fused-ring (bicyclic) bond motifs is 1. The van der Waals surface area contributed by atoms with Crippen molar-refractivity contribution in [1.82, 2.24) is 34.5 Å². The number of nitrogens with two attached hydrogens (primary N) is 1. The molecule has 4 aromatic heterocycles. The van der Waals surface area contributed by atoms with Gasteiger partial charge in [0.25, 0.3) is 11.5 Å². The van der Waals surface area contributed by atoms with Gasteiger partial charge in [0, 0.05) is 23.7 Å². The fraction of sp³-hybridized carbons (Fsp3) is 0.250. The average Bonchev–Trinajstić information content (AvgIpc) is 3.32. The number of anilines is 2. The molecular formula is C28H29N9O4S. The monoisotopic (exact) mass is 587 g/mol. The number of rotatable bonds is 8. The lowest BCUT2D eigenvalue weighted by Gasteiger charge is -2.12. The molecule has 42 heavy (non-hydrogen) atoms. The normalized spacial score (nSPS) is 11.7. The van der Waals surface area contributed by atoms with Crippen molar-refractivity contribution >= 4 is 38.3 Å². The number of hydrogen-bond donors (Lipinski definition) is 2. The minimum Gasteiger partial charge on any atom is -0.383 e. The van der Waals surface area contributed by atoms with Crippen LogP contribution in [0, 0.1) is 6.92 Å². The van der Waals surface area contributed by atoms with Crippen LogP contribution in [0.2, 0.25) is 0 Å². The van der Waals surface area contributed by atoms with Crippen LogP contribution in [0.4, 0.5) is 11.5 Å². The molecule has 0 fully saturated rings. The molecule has 0 saturated carbocycles. The highest BCUT2D eigenvalue weighted by atomic mass is 32.2. The van der Waals surface area contributed by atoms with E-state index in [4.69, 9.17) is 5.73 Å².